The van der Waals surface area contributed by atoms with Crippen LogP contribution in [-0.4, -0.2) is 4.70 Å². The molecule has 0 atom stereocenters. The van der Waals surface area contributed by atoms with Crippen molar-refractivity contribution in [1.29, 1.82) is 0 Å². The van der Waals surface area contributed by atoms with Crippen LogP contribution in [0.15, 0.2) is 47.5 Å². The van der Waals surface area contributed by atoms with E-state index in [0.717, 1.165) is 62.8 Å². The largest absolute Gasteiger partial charge is 0.493 e. The van der Waals surface area contributed by atoms with Gasteiger partial charge >= 0.3 is 0 Å². The maximum atomic E-state index is 12.7. The van der Waals surface area contributed by atoms with Crippen LogP contribution in [0.3, 0.4) is 0 Å². The zero-order valence-electron chi connectivity index (χ0n) is 44.3. The van der Waals surface area contributed by atoms with Crippen molar-refractivity contribution in [2.45, 2.75) is 305 Å². The lowest BCUT2D eigenvalue weighted by Gasteiger charge is -2.15. The normalized spacial score (nSPS) is 13.0. The Balaban J connectivity index is 1.64. The fourth-order valence-electron chi connectivity index (χ4n) is 10.5. The lowest BCUT2D eigenvalue weighted by Crippen LogP contribution is -2.05. The van der Waals surface area contributed by atoms with E-state index in [1.54, 1.807) is 4.70 Å². The number of nitrogens with zero attached hydrogens (tertiary/aromatic N) is 2. The average Bonchev–Trinajstić information content (AvgIpc) is 3.59. The second-order valence-corrected chi connectivity index (χ2v) is 20.8. The summed E-state index contributed by atoms with van der Waals surface area (Å²) in [5.41, 5.74) is 26.0. The van der Waals surface area contributed by atoms with Gasteiger partial charge in [0.25, 0.3) is 0 Å². The summed E-state index contributed by atoms with van der Waals surface area (Å²) in [5.74, 6) is 0. The van der Waals surface area contributed by atoms with Gasteiger partial charge in [0.15, 0.2) is 0 Å². The first-order chi connectivity index (χ1) is 32.0. The summed E-state index contributed by atoms with van der Waals surface area (Å²) in [5, 5.41) is 0. The van der Waals surface area contributed by atoms with Crippen LogP contribution in [0.2, 0.25) is 0 Å². The zero-order chi connectivity index (χ0) is 46.6. The molecule has 1 aliphatic rings. The molecule has 0 saturated carbocycles. The van der Waals surface area contributed by atoms with Crippen LogP contribution < -0.4 is 0 Å². The van der Waals surface area contributed by atoms with Gasteiger partial charge in [0.05, 0.1) is 0 Å². The van der Waals surface area contributed by atoms with E-state index < -0.39 is 0 Å². The maximum Gasteiger partial charge on any atom is 0.211 e. The van der Waals surface area contributed by atoms with Crippen molar-refractivity contribution in [1.82, 2.24) is 0 Å². The predicted octanol–water partition coefficient (Wildman–Crippen LogP) is 21.6. The van der Waals surface area contributed by atoms with Crippen molar-refractivity contribution < 1.29 is 4.70 Å². The molecule has 3 rings (SSSR count). The number of benzene rings is 2. The van der Waals surface area contributed by atoms with Crippen LogP contribution in [0.4, 0.5) is 0 Å². The third-order valence-corrected chi connectivity index (χ3v) is 14.6. The van der Waals surface area contributed by atoms with Gasteiger partial charge in [-0.3, -0.25) is 0 Å². The Kier molecular flexibility index (Phi) is 32.8. The first-order valence-corrected chi connectivity index (χ1v) is 29.2. The van der Waals surface area contributed by atoms with Crippen molar-refractivity contribution in [2.24, 2.45) is 0 Å². The minimum Gasteiger partial charge on any atom is -0.493 e. The minimum atomic E-state index is 1.03. The molecule has 0 amide bonds. The summed E-state index contributed by atoms with van der Waals surface area (Å²) in [6, 6.07) is 14.8. The third-order valence-electron chi connectivity index (χ3n) is 14.6. The summed E-state index contributed by atoms with van der Waals surface area (Å²) >= 11 is 0. The molecule has 0 N–H and O–H groups in total. The minimum absolute atomic E-state index is 1.03. The average molecular weight is 892 g/mol. The van der Waals surface area contributed by atoms with Crippen LogP contribution in [0, 0.1) is 0 Å². The Bertz CT molecular complexity index is 1540. The van der Waals surface area contributed by atoms with Crippen molar-refractivity contribution in [3.05, 3.63) is 86.5 Å². The molecular weight excluding hydrogens is 785 g/mol. The highest BCUT2D eigenvalue weighted by Crippen LogP contribution is 2.45. The lowest BCUT2D eigenvalue weighted by atomic mass is 9.89. The van der Waals surface area contributed by atoms with Gasteiger partial charge in [-0.2, -0.15) is 0 Å². The molecule has 0 bridgehead atoms. The van der Waals surface area contributed by atoms with Gasteiger partial charge in [-0.05, 0) is 124 Å². The monoisotopic (exact) mass is 891 g/mol. The van der Waals surface area contributed by atoms with Gasteiger partial charge in [-0.1, -0.05) is 240 Å². The van der Waals surface area contributed by atoms with Gasteiger partial charge in [-0.15, -0.1) is 0 Å². The fourth-order valence-corrected chi connectivity index (χ4v) is 10.5. The third kappa shape index (κ3) is 23.4. The molecule has 0 saturated heterocycles. The fraction of sp³-hybridized carbons (Fsp3) is 0.746. The number of unbranched alkanes of at least 4 members (excludes halogenated alkanes) is 29. The van der Waals surface area contributed by atoms with E-state index in [0.29, 0.717) is 0 Å². The molecule has 2 aromatic carbocycles. The van der Waals surface area contributed by atoms with Crippen LogP contribution in [0.25, 0.3) is 16.9 Å². The predicted molar refractivity (Wildman–Crippen MR) is 290 cm³/mol. The molecule has 0 aliphatic carbocycles. The Morgan fingerprint density at radius 2 is 0.477 bits per heavy atom. The highest BCUT2D eigenvalue weighted by Gasteiger charge is 2.36. The van der Waals surface area contributed by atoms with Gasteiger partial charge < -0.3 is 5.53 Å². The standard InChI is InChI=1S/C63H106N2/c1-7-13-19-20-21-22-23-24-25-26-27-28-29-30-31-32-33-34-35-36-37-38-41-47-61-60(46-18-12-6)62(59-52-56(44-39-14-8-2)49-57(53-59)45-40-15-9-3)65(64)63(61)58-50-54(42-16-10-4)48-55(51-58)43-17-11-5/h48-53H,7-47H2,1-6H3. The molecule has 0 fully saturated rings. The van der Waals surface area contributed by atoms with Crippen LogP contribution in [0.1, 0.15) is 312 Å². The summed E-state index contributed by atoms with van der Waals surface area (Å²) in [6.07, 6.45) is 53.8. The second-order valence-electron chi connectivity index (χ2n) is 20.8. The highest BCUT2D eigenvalue weighted by molar-refractivity contribution is 5.82. The topological polar surface area (TPSA) is 25.3 Å². The van der Waals surface area contributed by atoms with E-state index in [9.17, 15) is 5.53 Å². The summed E-state index contributed by atoms with van der Waals surface area (Å²) in [6.45, 7) is 13.9. The number of hydrogen-bond acceptors (Lipinski definition) is 0. The summed E-state index contributed by atoms with van der Waals surface area (Å²) in [7, 11) is 0. The summed E-state index contributed by atoms with van der Waals surface area (Å²) in [4.78, 5) is 0. The van der Waals surface area contributed by atoms with E-state index in [4.69, 9.17) is 0 Å². The molecular formula is C63H106N2. The zero-order valence-corrected chi connectivity index (χ0v) is 44.3. The quantitative estimate of drug-likeness (QED) is 0.0468. The first-order valence-electron chi connectivity index (χ1n) is 29.2. The molecule has 0 spiro atoms. The van der Waals surface area contributed by atoms with Crippen LogP contribution >= 0.6 is 0 Å². The lowest BCUT2D eigenvalue weighted by molar-refractivity contribution is -0.345. The van der Waals surface area contributed by atoms with Gasteiger partial charge in [0, 0.05) is 22.3 Å². The molecule has 2 aromatic rings. The van der Waals surface area contributed by atoms with Gasteiger partial charge in [0.1, 0.15) is 0 Å². The molecule has 0 unspecified atom stereocenters. The number of aryl methyl sites for hydroxylation is 4. The Labute approximate surface area is 405 Å². The Morgan fingerprint density at radius 3 is 0.785 bits per heavy atom. The molecule has 0 radical (unpaired) electrons. The highest BCUT2D eigenvalue weighted by atomic mass is 15.2. The van der Waals surface area contributed by atoms with Crippen molar-refractivity contribution in [3.8, 4) is 0 Å². The molecule has 2 heteroatoms. The van der Waals surface area contributed by atoms with Gasteiger partial charge in [-0.25, -0.2) is 4.70 Å². The van der Waals surface area contributed by atoms with Crippen LogP contribution in [0.5, 0.6) is 0 Å². The molecule has 368 valence electrons. The smallest absolute Gasteiger partial charge is 0.211 e. The Hall–Kier alpha value is -2.48. The molecule has 2 nitrogen and oxygen atoms in total. The first kappa shape index (κ1) is 56.8. The van der Waals surface area contributed by atoms with E-state index in [1.807, 2.05) is 0 Å². The van der Waals surface area contributed by atoms with Crippen LogP contribution in [-0.2, 0) is 25.7 Å². The molecule has 0 aromatic heterocycles. The Morgan fingerprint density at radius 1 is 0.262 bits per heavy atom. The second kappa shape index (κ2) is 37.5. The maximum absolute atomic E-state index is 12.7. The summed E-state index contributed by atoms with van der Waals surface area (Å²) < 4.78 is 1.70. The van der Waals surface area contributed by atoms with Crippen molar-refractivity contribution >= 4 is 11.4 Å². The van der Waals surface area contributed by atoms with E-state index >= 15 is 0 Å². The van der Waals surface area contributed by atoms with Crippen molar-refractivity contribution in [3.63, 3.8) is 0 Å². The van der Waals surface area contributed by atoms with E-state index in [2.05, 4.69) is 77.9 Å². The van der Waals surface area contributed by atoms with E-state index in [-0.39, 0.29) is 0 Å². The SMILES string of the molecule is CCCCCCCCCCCCCCCCCCCCCCCCCC1=C(c2cc(CCCC)cc(CCCC)c2)[N+](=[N-])C(c2cc(CCCCC)cc(CCCCC)c2)=C1CCCC. The number of rotatable bonds is 43. The molecule has 1 aliphatic heterocycles. The molecule has 65 heavy (non-hydrogen) atoms. The van der Waals surface area contributed by atoms with Crippen molar-refractivity contribution in [2.75, 3.05) is 0 Å². The molecule has 1 heterocycles. The number of allylic oxidation sites excluding steroid dienone is 2. The number of hydrogen-bond donors (Lipinski definition) is 0. The van der Waals surface area contributed by atoms with Gasteiger partial charge in [0.2, 0.25) is 11.4 Å². The van der Waals surface area contributed by atoms with E-state index in [1.165, 1.54) is 256 Å².